The van der Waals surface area contributed by atoms with E-state index in [1.165, 1.54) is 12.8 Å². The van der Waals surface area contributed by atoms with Crippen molar-refractivity contribution in [2.45, 2.75) is 26.7 Å². The molecule has 1 fully saturated rings. The number of nitrogens with zero attached hydrogens (tertiary/aromatic N) is 3. The van der Waals surface area contributed by atoms with E-state index >= 15 is 0 Å². The Bertz CT molecular complexity index is 458. The molecule has 0 amide bonds. The standard InChI is InChI=1S/C13H20N4O/c1-3-10-6-7-17(8-10)13-11(12(14)16-18)5-4-9(2)15-13/h4-5,10,18H,3,6-8H2,1-2H3,(H2,14,16). The van der Waals surface area contributed by atoms with Crippen LogP contribution in [0, 0.1) is 12.8 Å². The van der Waals surface area contributed by atoms with E-state index < -0.39 is 0 Å². The smallest absolute Gasteiger partial charge is 0.173 e. The van der Waals surface area contributed by atoms with Gasteiger partial charge in [-0.05, 0) is 31.4 Å². The average molecular weight is 248 g/mol. The van der Waals surface area contributed by atoms with Crippen molar-refractivity contribution >= 4 is 11.7 Å². The van der Waals surface area contributed by atoms with Crippen LogP contribution in [-0.2, 0) is 0 Å². The minimum atomic E-state index is 0.123. The summed E-state index contributed by atoms with van der Waals surface area (Å²) in [6, 6.07) is 3.75. The molecule has 2 heterocycles. The van der Waals surface area contributed by atoms with E-state index in [0.717, 1.165) is 24.6 Å². The second kappa shape index (κ2) is 5.25. The van der Waals surface area contributed by atoms with Crippen molar-refractivity contribution in [3.8, 4) is 0 Å². The maximum atomic E-state index is 8.84. The molecule has 0 saturated carbocycles. The van der Waals surface area contributed by atoms with Crippen LogP contribution in [0.5, 0.6) is 0 Å². The summed E-state index contributed by atoms with van der Waals surface area (Å²) >= 11 is 0. The summed E-state index contributed by atoms with van der Waals surface area (Å²) in [7, 11) is 0. The van der Waals surface area contributed by atoms with Gasteiger partial charge in [0.15, 0.2) is 5.84 Å². The van der Waals surface area contributed by atoms with Crippen LogP contribution in [0.2, 0.25) is 0 Å². The van der Waals surface area contributed by atoms with Crippen molar-refractivity contribution in [3.05, 3.63) is 23.4 Å². The summed E-state index contributed by atoms with van der Waals surface area (Å²) in [4.78, 5) is 6.78. The molecule has 1 atom stereocenters. The lowest BCUT2D eigenvalue weighted by atomic mass is 10.1. The van der Waals surface area contributed by atoms with E-state index in [4.69, 9.17) is 10.9 Å². The molecule has 1 aromatic rings. The second-order valence-electron chi connectivity index (χ2n) is 4.82. The Labute approximate surface area is 107 Å². The van der Waals surface area contributed by atoms with E-state index in [-0.39, 0.29) is 5.84 Å². The number of hydrogen-bond acceptors (Lipinski definition) is 4. The topological polar surface area (TPSA) is 74.7 Å². The lowest BCUT2D eigenvalue weighted by Gasteiger charge is -2.20. The molecule has 5 nitrogen and oxygen atoms in total. The molecule has 0 aromatic carbocycles. The van der Waals surface area contributed by atoms with Gasteiger partial charge in [-0.1, -0.05) is 18.5 Å². The Hall–Kier alpha value is -1.78. The van der Waals surface area contributed by atoms with Gasteiger partial charge in [-0.15, -0.1) is 0 Å². The Morgan fingerprint density at radius 1 is 1.61 bits per heavy atom. The number of hydrogen-bond donors (Lipinski definition) is 2. The maximum absolute atomic E-state index is 8.84. The van der Waals surface area contributed by atoms with Crippen LogP contribution in [0.15, 0.2) is 17.3 Å². The van der Waals surface area contributed by atoms with Gasteiger partial charge >= 0.3 is 0 Å². The highest BCUT2D eigenvalue weighted by molar-refractivity contribution is 6.01. The van der Waals surface area contributed by atoms with Crippen molar-refractivity contribution in [1.29, 1.82) is 0 Å². The van der Waals surface area contributed by atoms with Crippen LogP contribution in [0.3, 0.4) is 0 Å². The third-order valence-corrected chi connectivity index (χ3v) is 3.56. The number of oxime groups is 1. The van der Waals surface area contributed by atoms with Gasteiger partial charge < -0.3 is 15.8 Å². The molecule has 1 aliphatic heterocycles. The normalized spacial score (nSPS) is 20.4. The lowest BCUT2D eigenvalue weighted by molar-refractivity contribution is 0.318. The van der Waals surface area contributed by atoms with Gasteiger partial charge in [-0.3, -0.25) is 0 Å². The zero-order chi connectivity index (χ0) is 13.1. The first kappa shape index (κ1) is 12.7. The Kier molecular flexibility index (Phi) is 3.69. The minimum absolute atomic E-state index is 0.123. The van der Waals surface area contributed by atoms with Crippen LogP contribution < -0.4 is 10.6 Å². The number of pyridine rings is 1. The number of nitrogens with two attached hydrogens (primary N) is 1. The quantitative estimate of drug-likeness (QED) is 0.369. The first-order valence-corrected chi connectivity index (χ1v) is 6.36. The van der Waals surface area contributed by atoms with Crippen molar-refractivity contribution in [2.24, 2.45) is 16.8 Å². The summed E-state index contributed by atoms with van der Waals surface area (Å²) < 4.78 is 0. The van der Waals surface area contributed by atoms with Gasteiger partial charge in [0.25, 0.3) is 0 Å². The first-order valence-electron chi connectivity index (χ1n) is 6.36. The largest absolute Gasteiger partial charge is 0.409 e. The van der Waals surface area contributed by atoms with E-state index in [0.29, 0.717) is 11.5 Å². The number of anilines is 1. The van der Waals surface area contributed by atoms with Crippen LogP contribution in [0.25, 0.3) is 0 Å². The fourth-order valence-electron chi connectivity index (χ4n) is 2.40. The molecular weight excluding hydrogens is 228 g/mol. The molecule has 5 heteroatoms. The molecule has 0 spiro atoms. The number of aromatic nitrogens is 1. The molecule has 98 valence electrons. The third kappa shape index (κ3) is 2.39. The molecule has 2 rings (SSSR count). The summed E-state index contributed by atoms with van der Waals surface area (Å²) in [5.41, 5.74) is 7.37. The molecule has 0 bridgehead atoms. The van der Waals surface area contributed by atoms with Gasteiger partial charge in [0, 0.05) is 18.8 Å². The van der Waals surface area contributed by atoms with E-state index in [9.17, 15) is 0 Å². The molecule has 18 heavy (non-hydrogen) atoms. The molecule has 3 N–H and O–H groups in total. The van der Waals surface area contributed by atoms with Crippen molar-refractivity contribution in [1.82, 2.24) is 4.98 Å². The fraction of sp³-hybridized carbons (Fsp3) is 0.538. The highest BCUT2D eigenvalue weighted by atomic mass is 16.4. The molecule has 1 unspecified atom stereocenters. The summed E-state index contributed by atoms with van der Waals surface area (Å²) in [6.07, 6.45) is 2.36. The molecule has 1 saturated heterocycles. The molecule has 1 aromatic heterocycles. The van der Waals surface area contributed by atoms with Gasteiger partial charge in [-0.2, -0.15) is 0 Å². The molecule has 0 radical (unpaired) electrons. The van der Waals surface area contributed by atoms with Crippen LogP contribution in [-0.4, -0.2) is 29.1 Å². The van der Waals surface area contributed by atoms with Gasteiger partial charge in [0.2, 0.25) is 0 Å². The Morgan fingerprint density at radius 2 is 2.39 bits per heavy atom. The second-order valence-corrected chi connectivity index (χ2v) is 4.82. The Balaban J connectivity index is 2.34. The summed E-state index contributed by atoms with van der Waals surface area (Å²) in [5.74, 6) is 1.67. The number of aryl methyl sites for hydroxylation is 1. The van der Waals surface area contributed by atoms with Crippen LogP contribution in [0.1, 0.15) is 31.0 Å². The first-order chi connectivity index (χ1) is 8.65. The highest BCUT2D eigenvalue weighted by Gasteiger charge is 2.24. The predicted molar refractivity (Wildman–Crippen MR) is 72.1 cm³/mol. The number of rotatable bonds is 3. The van der Waals surface area contributed by atoms with Crippen molar-refractivity contribution < 1.29 is 5.21 Å². The summed E-state index contributed by atoms with van der Waals surface area (Å²) in [6.45, 7) is 6.15. The van der Waals surface area contributed by atoms with E-state index in [1.54, 1.807) is 0 Å². The van der Waals surface area contributed by atoms with Crippen LogP contribution >= 0.6 is 0 Å². The Morgan fingerprint density at radius 3 is 3.00 bits per heavy atom. The third-order valence-electron chi connectivity index (χ3n) is 3.56. The zero-order valence-electron chi connectivity index (χ0n) is 10.9. The maximum Gasteiger partial charge on any atom is 0.173 e. The lowest BCUT2D eigenvalue weighted by Crippen LogP contribution is -2.26. The average Bonchev–Trinajstić information content (AvgIpc) is 2.86. The SMILES string of the molecule is CCC1CCN(c2nc(C)ccc2/C(N)=N/O)C1. The van der Waals surface area contributed by atoms with Gasteiger partial charge in [-0.25, -0.2) is 4.98 Å². The predicted octanol–water partition coefficient (Wildman–Crippen LogP) is 1.72. The van der Waals surface area contributed by atoms with Crippen molar-refractivity contribution in [2.75, 3.05) is 18.0 Å². The van der Waals surface area contributed by atoms with Gasteiger partial charge in [0.1, 0.15) is 5.82 Å². The van der Waals surface area contributed by atoms with Gasteiger partial charge in [0.05, 0.1) is 5.56 Å². The number of amidine groups is 1. The zero-order valence-corrected chi connectivity index (χ0v) is 10.9. The molecule has 1 aliphatic rings. The molecular formula is C13H20N4O. The van der Waals surface area contributed by atoms with Crippen LogP contribution in [0.4, 0.5) is 5.82 Å². The highest BCUT2D eigenvalue weighted by Crippen LogP contribution is 2.27. The van der Waals surface area contributed by atoms with E-state index in [1.807, 2.05) is 19.1 Å². The van der Waals surface area contributed by atoms with Crippen molar-refractivity contribution in [3.63, 3.8) is 0 Å². The van der Waals surface area contributed by atoms with E-state index in [2.05, 4.69) is 22.0 Å². The fourth-order valence-corrected chi connectivity index (χ4v) is 2.40. The molecule has 0 aliphatic carbocycles. The summed E-state index contributed by atoms with van der Waals surface area (Å²) in [5, 5.41) is 11.9. The monoisotopic (exact) mass is 248 g/mol. The minimum Gasteiger partial charge on any atom is -0.409 e.